The molecule has 12 aromatic rings. The van der Waals surface area contributed by atoms with E-state index < -0.39 is 0 Å². The summed E-state index contributed by atoms with van der Waals surface area (Å²) < 4.78 is 6.54. The molecule has 0 unspecified atom stereocenters. The van der Waals surface area contributed by atoms with E-state index in [9.17, 15) is 0 Å². The number of rotatable bonds is 12. The Kier molecular flexibility index (Phi) is 11.7. The normalized spacial score (nSPS) is 11.2. The van der Waals surface area contributed by atoms with Gasteiger partial charge in [-0.3, -0.25) is 0 Å². The van der Waals surface area contributed by atoms with E-state index in [2.05, 4.69) is 289 Å². The smallest absolute Gasteiger partial charge is 0.143 e. The van der Waals surface area contributed by atoms with Gasteiger partial charge in [0.05, 0.1) is 17.1 Å². The molecule has 12 rings (SSSR count). The lowest BCUT2D eigenvalue weighted by atomic mass is 10.00. The molecule has 0 saturated heterocycles. The molecule has 11 aromatic carbocycles. The largest absolute Gasteiger partial charge is 0.455 e. The molecule has 0 saturated carbocycles. The Morgan fingerprint density at radius 2 is 0.611 bits per heavy atom. The molecule has 1 aromatic heterocycles. The minimum Gasteiger partial charge on any atom is -0.455 e. The third-order valence-corrected chi connectivity index (χ3v) is 13.5. The summed E-state index contributed by atoms with van der Waals surface area (Å²) in [5.41, 5.74) is 20.3. The molecule has 0 aliphatic rings. The fourth-order valence-electron chi connectivity index (χ4n) is 10.0. The van der Waals surface area contributed by atoms with Gasteiger partial charge in [0.2, 0.25) is 0 Å². The van der Waals surface area contributed by atoms with E-state index in [1.165, 1.54) is 22.3 Å². The van der Waals surface area contributed by atoms with Crippen LogP contribution in [0.15, 0.2) is 277 Å². The van der Waals surface area contributed by atoms with Gasteiger partial charge in [0, 0.05) is 50.5 Å². The van der Waals surface area contributed by atoms with Crippen LogP contribution in [0.1, 0.15) is 11.1 Å². The van der Waals surface area contributed by atoms with Crippen LogP contribution >= 0.6 is 0 Å². The molecule has 0 fully saturated rings. The lowest BCUT2D eigenvalue weighted by Crippen LogP contribution is -2.16. The SMILES string of the molecule is Cc1cccc(N(c2ccccc2)c2cc(N(c3ccc(-c4ccc(-c5ccccc5)cc4)cc3)c3ccc(-c4cccc5c4oc4ccccc45)cc3)cc(N(c3ccccc3)c3cccc(C)c3)c2)c1. The van der Waals surface area contributed by atoms with Crippen LogP contribution in [0.5, 0.6) is 0 Å². The first-order valence-corrected chi connectivity index (χ1v) is 24.6. The first kappa shape index (κ1) is 43.9. The topological polar surface area (TPSA) is 22.9 Å². The van der Waals surface area contributed by atoms with Crippen LogP contribution in [-0.4, -0.2) is 0 Å². The molecule has 0 bridgehead atoms. The van der Waals surface area contributed by atoms with Crippen LogP contribution in [-0.2, 0) is 0 Å². The third kappa shape index (κ3) is 8.67. The first-order chi connectivity index (χ1) is 35.5. The average molecular weight is 926 g/mol. The van der Waals surface area contributed by atoms with E-state index in [0.29, 0.717) is 0 Å². The van der Waals surface area contributed by atoms with E-state index >= 15 is 0 Å². The number of benzene rings is 11. The van der Waals surface area contributed by atoms with Gasteiger partial charge in [0.1, 0.15) is 11.2 Å². The standard InChI is InChI=1S/C68H51N3O/c1-48-17-14-25-59(43-48)70(55-21-8-4-9-22-55)62-45-61(46-63(47-62)71(56-23-10-5-11-24-56)60-26-15-18-49(2)44-60)69(57-39-35-53(36-40-57)52-33-31-51(32-34-52)50-19-6-3-7-20-50)58-41-37-54(38-42-58)64-28-16-29-66-65-27-12-13-30-67(65)72-68(64)66/h3-47H,1-2H3. The van der Waals surface area contributed by atoms with E-state index in [4.69, 9.17) is 4.42 Å². The molecule has 0 aliphatic heterocycles. The maximum atomic E-state index is 6.54. The second-order valence-electron chi connectivity index (χ2n) is 18.4. The fraction of sp³-hybridized carbons (Fsp3) is 0.0294. The Hall–Kier alpha value is -9.38. The van der Waals surface area contributed by atoms with Crippen molar-refractivity contribution in [3.8, 4) is 33.4 Å². The van der Waals surface area contributed by atoms with Gasteiger partial charge in [0.25, 0.3) is 0 Å². The molecule has 4 nitrogen and oxygen atoms in total. The minimum absolute atomic E-state index is 0.888. The van der Waals surface area contributed by atoms with Crippen LogP contribution in [0.4, 0.5) is 51.2 Å². The number of fused-ring (bicyclic) bond motifs is 3. The Labute approximate surface area is 421 Å². The molecule has 1 heterocycles. The van der Waals surface area contributed by atoms with Crippen molar-refractivity contribution >= 4 is 73.1 Å². The van der Waals surface area contributed by atoms with Gasteiger partial charge in [0.15, 0.2) is 0 Å². The van der Waals surface area contributed by atoms with Crippen molar-refractivity contribution in [2.75, 3.05) is 14.7 Å². The Morgan fingerprint density at radius 1 is 0.250 bits per heavy atom. The highest BCUT2D eigenvalue weighted by atomic mass is 16.3. The number of aryl methyl sites for hydroxylation is 2. The van der Waals surface area contributed by atoms with Gasteiger partial charge < -0.3 is 19.1 Å². The highest BCUT2D eigenvalue weighted by Crippen LogP contribution is 2.47. The third-order valence-electron chi connectivity index (χ3n) is 13.5. The molecular weight excluding hydrogens is 875 g/mol. The summed E-state index contributed by atoms with van der Waals surface area (Å²) in [5.74, 6) is 0. The number of nitrogens with zero attached hydrogens (tertiary/aromatic N) is 3. The maximum Gasteiger partial charge on any atom is 0.143 e. The van der Waals surface area contributed by atoms with Gasteiger partial charge in [-0.25, -0.2) is 0 Å². The quantitative estimate of drug-likeness (QED) is 0.122. The van der Waals surface area contributed by atoms with Gasteiger partial charge in [-0.05, 0) is 150 Å². The zero-order valence-electron chi connectivity index (χ0n) is 40.2. The van der Waals surface area contributed by atoms with Crippen molar-refractivity contribution in [3.63, 3.8) is 0 Å². The molecule has 0 radical (unpaired) electrons. The Morgan fingerprint density at radius 3 is 1.11 bits per heavy atom. The molecule has 72 heavy (non-hydrogen) atoms. The molecule has 4 heteroatoms. The van der Waals surface area contributed by atoms with E-state index in [0.717, 1.165) is 95.4 Å². The van der Waals surface area contributed by atoms with Crippen LogP contribution in [0.3, 0.4) is 0 Å². The number of para-hydroxylation sites is 4. The summed E-state index contributed by atoms with van der Waals surface area (Å²) in [6, 6.07) is 97.9. The van der Waals surface area contributed by atoms with Crippen LogP contribution in [0.25, 0.3) is 55.3 Å². The summed E-state index contributed by atoms with van der Waals surface area (Å²) >= 11 is 0. The second kappa shape index (κ2) is 19.2. The molecule has 0 N–H and O–H groups in total. The lowest BCUT2D eigenvalue weighted by molar-refractivity contribution is 0.670. The maximum absolute atomic E-state index is 6.54. The molecule has 0 atom stereocenters. The monoisotopic (exact) mass is 925 g/mol. The van der Waals surface area contributed by atoms with Crippen LogP contribution in [0.2, 0.25) is 0 Å². The van der Waals surface area contributed by atoms with Gasteiger partial charge in [-0.15, -0.1) is 0 Å². The number of anilines is 9. The second-order valence-corrected chi connectivity index (χ2v) is 18.4. The predicted molar refractivity (Wildman–Crippen MR) is 304 cm³/mol. The zero-order valence-corrected chi connectivity index (χ0v) is 40.2. The molecule has 344 valence electrons. The summed E-state index contributed by atoms with van der Waals surface area (Å²) in [6.45, 7) is 4.32. The highest BCUT2D eigenvalue weighted by Gasteiger charge is 2.23. The van der Waals surface area contributed by atoms with Crippen LogP contribution < -0.4 is 14.7 Å². The summed E-state index contributed by atoms with van der Waals surface area (Å²) in [7, 11) is 0. The molecule has 0 amide bonds. The van der Waals surface area contributed by atoms with Crippen molar-refractivity contribution in [1.29, 1.82) is 0 Å². The van der Waals surface area contributed by atoms with Gasteiger partial charge >= 0.3 is 0 Å². The zero-order chi connectivity index (χ0) is 48.4. The summed E-state index contributed by atoms with van der Waals surface area (Å²) in [6.07, 6.45) is 0. The Balaban J connectivity index is 1.06. The molecular formula is C68H51N3O. The van der Waals surface area contributed by atoms with Gasteiger partial charge in [-0.1, -0.05) is 176 Å². The van der Waals surface area contributed by atoms with Crippen molar-refractivity contribution in [2.45, 2.75) is 13.8 Å². The predicted octanol–water partition coefficient (Wildman–Crippen LogP) is 19.6. The summed E-state index contributed by atoms with van der Waals surface area (Å²) in [5, 5.41) is 2.23. The lowest BCUT2D eigenvalue weighted by Gasteiger charge is -2.33. The van der Waals surface area contributed by atoms with E-state index in [1.807, 2.05) is 12.1 Å². The molecule has 0 spiro atoms. The Bertz CT molecular complexity index is 3700. The van der Waals surface area contributed by atoms with Crippen LogP contribution in [0, 0.1) is 13.8 Å². The van der Waals surface area contributed by atoms with Crippen molar-refractivity contribution in [3.05, 3.63) is 284 Å². The first-order valence-electron chi connectivity index (χ1n) is 24.6. The van der Waals surface area contributed by atoms with E-state index in [1.54, 1.807) is 0 Å². The summed E-state index contributed by atoms with van der Waals surface area (Å²) in [4.78, 5) is 7.13. The van der Waals surface area contributed by atoms with Gasteiger partial charge in [-0.2, -0.15) is 0 Å². The van der Waals surface area contributed by atoms with Crippen molar-refractivity contribution < 1.29 is 4.42 Å². The van der Waals surface area contributed by atoms with Crippen molar-refractivity contribution in [1.82, 2.24) is 0 Å². The fourth-order valence-corrected chi connectivity index (χ4v) is 10.0. The minimum atomic E-state index is 0.888. The van der Waals surface area contributed by atoms with Crippen molar-refractivity contribution in [2.24, 2.45) is 0 Å². The van der Waals surface area contributed by atoms with E-state index in [-0.39, 0.29) is 0 Å². The molecule has 0 aliphatic carbocycles. The highest BCUT2D eigenvalue weighted by molar-refractivity contribution is 6.09. The number of hydrogen-bond acceptors (Lipinski definition) is 4. The number of furan rings is 1. The number of hydrogen-bond donors (Lipinski definition) is 0. The average Bonchev–Trinajstić information content (AvgIpc) is 3.82.